The van der Waals surface area contributed by atoms with Crippen molar-refractivity contribution in [2.45, 2.75) is 25.0 Å². The number of halogens is 1. The molecule has 0 radical (unpaired) electrons. The van der Waals surface area contributed by atoms with Crippen LogP contribution >= 0.6 is 22.6 Å². The van der Waals surface area contributed by atoms with Crippen LogP contribution in [0.5, 0.6) is 0 Å². The SMILES string of the molecule is O=C1C2CCC(CN1c1ccc(I)nc1)O2. The fourth-order valence-electron chi connectivity index (χ4n) is 2.25. The quantitative estimate of drug-likeness (QED) is 0.580. The van der Waals surface area contributed by atoms with Crippen molar-refractivity contribution >= 4 is 34.2 Å². The largest absolute Gasteiger partial charge is 0.363 e. The molecule has 16 heavy (non-hydrogen) atoms. The number of hydrogen-bond acceptors (Lipinski definition) is 3. The van der Waals surface area contributed by atoms with Crippen LogP contribution in [-0.4, -0.2) is 29.6 Å². The summed E-state index contributed by atoms with van der Waals surface area (Å²) in [5.41, 5.74) is 0.880. The first kappa shape index (κ1) is 10.5. The molecule has 84 valence electrons. The average Bonchev–Trinajstić information content (AvgIpc) is 2.69. The van der Waals surface area contributed by atoms with E-state index >= 15 is 0 Å². The number of ether oxygens (including phenoxy) is 1. The first-order valence-corrected chi connectivity index (χ1v) is 6.40. The summed E-state index contributed by atoms with van der Waals surface area (Å²) in [7, 11) is 0. The predicted molar refractivity (Wildman–Crippen MR) is 67.2 cm³/mol. The highest BCUT2D eigenvalue weighted by Gasteiger charge is 2.40. The van der Waals surface area contributed by atoms with E-state index in [4.69, 9.17) is 4.74 Å². The molecule has 0 saturated carbocycles. The lowest BCUT2D eigenvalue weighted by Gasteiger charge is -2.31. The van der Waals surface area contributed by atoms with Gasteiger partial charge in [-0.2, -0.15) is 0 Å². The van der Waals surface area contributed by atoms with Gasteiger partial charge in [0.2, 0.25) is 0 Å². The lowest BCUT2D eigenvalue weighted by Crippen LogP contribution is -2.47. The molecular weight excluding hydrogens is 319 g/mol. The van der Waals surface area contributed by atoms with Crippen LogP contribution in [0.3, 0.4) is 0 Å². The number of morpholine rings is 1. The molecule has 3 rings (SSSR count). The zero-order chi connectivity index (χ0) is 11.1. The summed E-state index contributed by atoms with van der Waals surface area (Å²) in [6.07, 6.45) is 3.59. The van der Waals surface area contributed by atoms with Crippen molar-refractivity contribution < 1.29 is 9.53 Å². The molecule has 2 aliphatic rings. The number of anilines is 1. The van der Waals surface area contributed by atoms with Gasteiger partial charge in [-0.1, -0.05) is 0 Å². The Hall–Kier alpha value is -0.690. The molecule has 0 aromatic carbocycles. The Morgan fingerprint density at radius 2 is 2.31 bits per heavy atom. The van der Waals surface area contributed by atoms with Gasteiger partial charge in [0.05, 0.1) is 24.5 Å². The van der Waals surface area contributed by atoms with Crippen LogP contribution < -0.4 is 4.90 Å². The smallest absolute Gasteiger partial charge is 0.256 e. The number of carbonyl (C=O) groups is 1. The Kier molecular flexibility index (Phi) is 2.59. The number of aromatic nitrogens is 1. The van der Waals surface area contributed by atoms with E-state index in [0.29, 0.717) is 6.54 Å². The van der Waals surface area contributed by atoms with Gasteiger partial charge < -0.3 is 9.64 Å². The van der Waals surface area contributed by atoms with Crippen molar-refractivity contribution in [2.24, 2.45) is 0 Å². The van der Waals surface area contributed by atoms with E-state index in [2.05, 4.69) is 27.6 Å². The van der Waals surface area contributed by atoms with Crippen molar-refractivity contribution in [1.82, 2.24) is 4.98 Å². The van der Waals surface area contributed by atoms with Crippen LogP contribution in [0, 0.1) is 3.70 Å². The van der Waals surface area contributed by atoms with Gasteiger partial charge >= 0.3 is 0 Å². The van der Waals surface area contributed by atoms with Crippen LogP contribution in [0.1, 0.15) is 12.8 Å². The maximum Gasteiger partial charge on any atom is 0.256 e. The second-order valence-electron chi connectivity index (χ2n) is 4.11. The molecule has 2 fully saturated rings. The molecule has 2 saturated heterocycles. The highest BCUT2D eigenvalue weighted by molar-refractivity contribution is 14.1. The highest BCUT2D eigenvalue weighted by atomic mass is 127. The molecule has 1 amide bonds. The van der Waals surface area contributed by atoms with Crippen molar-refractivity contribution in [1.29, 1.82) is 0 Å². The van der Waals surface area contributed by atoms with E-state index in [1.165, 1.54) is 0 Å². The van der Waals surface area contributed by atoms with E-state index in [0.717, 1.165) is 22.2 Å². The molecule has 2 aliphatic heterocycles. The van der Waals surface area contributed by atoms with Crippen LogP contribution in [-0.2, 0) is 9.53 Å². The standard InChI is InChI=1S/C11H11IN2O2/c12-10-4-1-7(5-13-10)14-6-8-2-3-9(16-8)11(14)15/h1,4-5,8-9H,2-3,6H2. The third-order valence-corrected chi connectivity index (χ3v) is 3.70. The maximum absolute atomic E-state index is 12.0. The van der Waals surface area contributed by atoms with Gasteiger partial charge in [0.25, 0.3) is 5.91 Å². The first-order valence-electron chi connectivity index (χ1n) is 5.32. The van der Waals surface area contributed by atoms with Gasteiger partial charge in [-0.05, 0) is 47.6 Å². The van der Waals surface area contributed by atoms with Gasteiger partial charge in [0.1, 0.15) is 9.80 Å². The van der Waals surface area contributed by atoms with Crippen LogP contribution in [0.25, 0.3) is 0 Å². The van der Waals surface area contributed by atoms with Crippen molar-refractivity contribution in [2.75, 3.05) is 11.4 Å². The third kappa shape index (κ3) is 1.71. The Bertz CT molecular complexity index is 420. The van der Waals surface area contributed by atoms with Gasteiger partial charge in [0.15, 0.2) is 0 Å². The summed E-state index contributed by atoms with van der Waals surface area (Å²) in [6.45, 7) is 0.664. The second kappa shape index (κ2) is 3.96. The minimum absolute atomic E-state index is 0.0803. The van der Waals surface area contributed by atoms with Gasteiger partial charge in [-0.25, -0.2) is 4.98 Å². The fraction of sp³-hybridized carbons (Fsp3) is 0.455. The summed E-state index contributed by atoms with van der Waals surface area (Å²) in [5.74, 6) is 0.0803. The summed E-state index contributed by atoms with van der Waals surface area (Å²) < 4.78 is 6.51. The van der Waals surface area contributed by atoms with Gasteiger partial charge in [-0.15, -0.1) is 0 Å². The fourth-order valence-corrected chi connectivity index (χ4v) is 2.57. The second-order valence-corrected chi connectivity index (χ2v) is 5.22. The van der Waals surface area contributed by atoms with Crippen LogP contribution in [0.4, 0.5) is 5.69 Å². The topological polar surface area (TPSA) is 42.4 Å². The molecule has 3 heterocycles. The Morgan fingerprint density at radius 1 is 1.44 bits per heavy atom. The number of rotatable bonds is 1. The Morgan fingerprint density at radius 3 is 3.06 bits per heavy atom. The van der Waals surface area contributed by atoms with E-state index in [9.17, 15) is 4.79 Å². The zero-order valence-corrected chi connectivity index (χ0v) is 10.8. The lowest BCUT2D eigenvalue weighted by molar-refractivity contribution is -0.133. The highest BCUT2D eigenvalue weighted by Crippen LogP contribution is 2.30. The zero-order valence-electron chi connectivity index (χ0n) is 8.60. The minimum Gasteiger partial charge on any atom is -0.363 e. The molecule has 0 aliphatic carbocycles. The number of nitrogens with zero attached hydrogens (tertiary/aromatic N) is 2. The molecule has 2 bridgehead atoms. The minimum atomic E-state index is -0.224. The Balaban J connectivity index is 1.89. The number of amides is 1. The summed E-state index contributed by atoms with van der Waals surface area (Å²) in [6, 6.07) is 3.86. The molecule has 0 spiro atoms. The maximum atomic E-state index is 12.0. The van der Waals surface area contributed by atoms with E-state index in [1.54, 1.807) is 11.1 Å². The molecule has 1 aromatic rings. The number of carbonyl (C=O) groups excluding carboxylic acids is 1. The van der Waals surface area contributed by atoms with E-state index in [1.807, 2.05) is 12.1 Å². The molecule has 1 aromatic heterocycles. The van der Waals surface area contributed by atoms with E-state index < -0.39 is 0 Å². The Labute approximate surface area is 107 Å². The molecule has 2 atom stereocenters. The van der Waals surface area contributed by atoms with Gasteiger partial charge in [-0.3, -0.25) is 4.79 Å². The van der Waals surface area contributed by atoms with Crippen molar-refractivity contribution in [3.05, 3.63) is 22.0 Å². The first-order chi connectivity index (χ1) is 7.74. The number of hydrogen-bond donors (Lipinski definition) is 0. The molecule has 0 N–H and O–H groups in total. The average molecular weight is 330 g/mol. The number of fused-ring (bicyclic) bond motifs is 2. The summed E-state index contributed by atoms with van der Waals surface area (Å²) in [5, 5.41) is 0. The van der Waals surface area contributed by atoms with Crippen molar-refractivity contribution in [3.8, 4) is 0 Å². The van der Waals surface area contributed by atoms with Crippen LogP contribution in [0.2, 0.25) is 0 Å². The summed E-state index contributed by atoms with van der Waals surface area (Å²) >= 11 is 2.15. The monoisotopic (exact) mass is 330 g/mol. The molecule has 5 heteroatoms. The van der Waals surface area contributed by atoms with Gasteiger partial charge in [0, 0.05) is 0 Å². The molecule has 2 unspecified atom stereocenters. The predicted octanol–water partition coefficient (Wildman–Crippen LogP) is 1.58. The molecular formula is C11H11IN2O2. The molecule has 4 nitrogen and oxygen atoms in total. The van der Waals surface area contributed by atoms with Crippen LogP contribution in [0.15, 0.2) is 18.3 Å². The van der Waals surface area contributed by atoms with E-state index in [-0.39, 0.29) is 18.1 Å². The summed E-state index contributed by atoms with van der Waals surface area (Å²) in [4.78, 5) is 18.1. The van der Waals surface area contributed by atoms with Crippen molar-refractivity contribution in [3.63, 3.8) is 0 Å². The normalized spacial score (nSPS) is 28.6. The third-order valence-electron chi connectivity index (χ3n) is 3.06. The number of pyridine rings is 1. The lowest BCUT2D eigenvalue weighted by atomic mass is 10.2.